The van der Waals surface area contributed by atoms with Gasteiger partial charge in [0.15, 0.2) is 0 Å². The lowest BCUT2D eigenvalue weighted by atomic mass is 10.0. The lowest BCUT2D eigenvalue weighted by Crippen LogP contribution is -2.03. The van der Waals surface area contributed by atoms with Gasteiger partial charge in [0, 0.05) is 42.2 Å². The number of hydrogen-bond acceptors (Lipinski definition) is 5. The molecular formula is C23H24N2O5. The van der Waals surface area contributed by atoms with Crippen LogP contribution in [0.2, 0.25) is 0 Å². The summed E-state index contributed by atoms with van der Waals surface area (Å²) >= 11 is 0. The first-order valence-corrected chi connectivity index (χ1v) is 9.48. The number of ether oxygens (including phenoxy) is 2. The summed E-state index contributed by atoms with van der Waals surface area (Å²) in [5.41, 5.74) is 4.40. The second-order valence-electron chi connectivity index (χ2n) is 7.24. The van der Waals surface area contributed by atoms with Gasteiger partial charge in [-0.05, 0) is 43.2 Å². The van der Waals surface area contributed by atoms with Crippen molar-refractivity contribution < 1.29 is 19.2 Å². The van der Waals surface area contributed by atoms with Crippen LogP contribution in [0.15, 0.2) is 54.2 Å². The Morgan fingerprint density at radius 2 is 1.90 bits per heavy atom. The van der Waals surface area contributed by atoms with Gasteiger partial charge in [0.05, 0.1) is 24.7 Å². The Balaban J connectivity index is 2.08. The Kier molecular flexibility index (Phi) is 6.20. The van der Waals surface area contributed by atoms with E-state index in [0.29, 0.717) is 24.3 Å². The predicted molar refractivity (Wildman–Crippen MR) is 115 cm³/mol. The molecule has 0 N–H and O–H groups in total. The van der Waals surface area contributed by atoms with E-state index in [-0.39, 0.29) is 10.6 Å². The third-order valence-electron chi connectivity index (χ3n) is 4.94. The average Bonchev–Trinajstić information content (AvgIpc) is 3.08. The number of rotatable bonds is 7. The molecule has 0 fully saturated rings. The van der Waals surface area contributed by atoms with Crippen molar-refractivity contribution in [2.45, 2.75) is 26.8 Å². The van der Waals surface area contributed by atoms with E-state index < -0.39 is 5.97 Å². The van der Waals surface area contributed by atoms with Crippen molar-refractivity contribution in [2.24, 2.45) is 0 Å². The SMILES string of the molecule is COC(=O)c1ccc(Cc2cn(CC=C(C)C)c3ccc([N+](=O)[O-])cc23)c(OC)c1. The first-order valence-electron chi connectivity index (χ1n) is 9.48. The molecule has 0 aliphatic rings. The minimum absolute atomic E-state index is 0.0525. The maximum atomic E-state index is 11.8. The molecule has 3 rings (SSSR count). The highest BCUT2D eigenvalue weighted by Crippen LogP contribution is 2.31. The molecular weight excluding hydrogens is 384 g/mol. The van der Waals surface area contributed by atoms with Crippen molar-refractivity contribution in [1.82, 2.24) is 4.57 Å². The maximum absolute atomic E-state index is 11.8. The van der Waals surface area contributed by atoms with E-state index in [1.807, 2.05) is 26.1 Å². The van der Waals surface area contributed by atoms with Crippen LogP contribution in [0.5, 0.6) is 5.75 Å². The second-order valence-corrected chi connectivity index (χ2v) is 7.24. The molecule has 7 nitrogen and oxygen atoms in total. The molecule has 0 bridgehead atoms. The number of nitro groups is 1. The van der Waals surface area contributed by atoms with Gasteiger partial charge in [-0.3, -0.25) is 10.1 Å². The molecule has 0 aliphatic carbocycles. The van der Waals surface area contributed by atoms with E-state index in [2.05, 4.69) is 10.6 Å². The Bertz CT molecular complexity index is 1140. The minimum atomic E-state index is -0.436. The third kappa shape index (κ3) is 4.35. The summed E-state index contributed by atoms with van der Waals surface area (Å²) in [6.45, 7) is 4.74. The lowest BCUT2D eigenvalue weighted by molar-refractivity contribution is -0.384. The molecule has 0 spiro atoms. The number of benzene rings is 2. The molecule has 1 aromatic heterocycles. The van der Waals surface area contributed by atoms with Crippen molar-refractivity contribution in [3.8, 4) is 5.75 Å². The van der Waals surface area contributed by atoms with Crippen molar-refractivity contribution in [2.75, 3.05) is 14.2 Å². The van der Waals surface area contributed by atoms with E-state index >= 15 is 0 Å². The van der Waals surface area contributed by atoms with Crippen LogP contribution >= 0.6 is 0 Å². The monoisotopic (exact) mass is 408 g/mol. The normalized spacial score (nSPS) is 10.7. The summed E-state index contributed by atoms with van der Waals surface area (Å²) < 4.78 is 12.3. The number of allylic oxidation sites excluding steroid dienone is 2. The van der Waals surface area contributed by atoms with Gasteiger partial charge in [0.2, 0.25) is 0 Å². The molecule has 0 unspecified atom stereocenters. The Morgan fingerprint density at radius 3 is 2.53 bits per heavy atom. The van der Waals surface area contributed by atoms with Crippen LogP contribution in [0.3, 0.4) is 0 Å². The minimum Gasteiger partial charge on any atom is -0.496 e. The largest absolute Gasteiger partial charge is 0.496 e. The second kappa shape index (κ2) is 8.82. The molecule has 0 atom stereocenters. The zero-order valence-corrected chi connectivity index (χ0v) is 17.5. The van der Waals surface area contributed by atoms with Crippen LogP contribution in [0.4, 0.5) is 5.69 Å². The van der Waals surface area contributed by atoms with E-state index in [0.717, 1.165) is 22.0 Å². The number of methoxy groups -OCH3 is 2. The van der Waals surface area contributed by atoms with Crippen LogP contribution in [0.1, 0.15) is 35.3 Å². The van der Waals surface area contributed by atoms with Gasteiger partial charge in [-0.25, -0.2) is 4.79 Å². The fourth-order valence-corrected chi connectivity index (χ4v) is 3.39. The smallest absolute Gasteiger partial charge is 0.337 e. The number of carbonyl (C=O) groups excluding carboxylic acids is 1. The highest BCUT2D eigenvalue weighted by Gasteiger charge is 2.16. The number of nitrogens with zero attached hydrogens (tertiary/aromatic N) is 2. The number of esters is 1. The molecule has 7 heteroatoms. The molecule has 1 heterocycles. The fraction of sp³-hybridized carbons (Fsp3) is 0.261. The van der Waals surface area contributed by atoms with Gasteiger partial charge < -0.3 is 14.0 Å². The number of hydrogen-bond donors (Lipinski definition) is 0. The van der Waals surface area contributed by atoms with E-state index in [9.17, 15) is 14.9 Å². The summed E-state index contributed by atoms with van der Waals surface area (Å²) in [6, 6.07) is 10.1. The summed E-state index contributed by atoms with van der Waals surface area (Å²) in [4.78, 5) is 22.7. The molecule has 0 saturated heterocycles. The first-order chi connectivity index (χ1) is 14.3. The van der Waals surface area contributed by atoms with E-state index in [4.69, 9.17) is 9.47 Å². The number of aromatic nitrogens is 1. The lowest BCUT2D eigenvalue weighted by Gasteiger charge is -2.10. The van der Waals surface area contributed by atoms with Gasteiger partial charge in [0.1, 0.15) is 5.75 Å². The highest BCUT2D eigenvalue weighted by molar-refractivity contribution is 5.90. The van der Waals surface area contributed by atoms with Crippen LogP contribution < -0.4 is 4.74 Å². The Labute approximate surface area is 174 Å². The van der Waals surface area contributed by atoms with Gasteiger partial charge in [0.25, 0.3) is 5.69 Å². The Morgan fingerprint density at radius 1 is 1.13 bits per heavy atom. The molecule has 156 valence electrons. The molecule has 0 aliphatic heterocycles. The van der Waals surface area contributed by atoms with Crippen molar-refractivity contribution in [3.05, 3.63) is 81.0 Å². The van der Waals surface area contributed by atoms with Gasteiger partial charge >= 0.3 is 5.97 Å². The summed E-state index contributed by atoms with van der Waals surface area (Å²) in [5.74, 6) is 0.127. The zero-order chi connectivity index (χ0) is 21.8. The predicted octanol–water partition coefficient (Wildman–Crippen LogP) is 4.90. The summed E-state index contributed by atoms with van der Waals surface area (Å²) in [7, 11) is 2.87. The molecule has 0 saturated carbocycles. The number of fused-ring (bicyclic) bond motifs is 1. The molecule has 0 radical (unpaired) electrons. The van der Waals surface area contributed by atoms with Crippen molar-refractivity contribution in [1.29, 1.82) is 0 Å². The number of nitro benzene ring substituents is 1. The quantitative estimate of drug-likeness (QED) is 0.240. The van der Waals surface area contributed by atoms with Crippen LogP contribution in [-0.4, -0.2) is 29.7 Å². The standard InChI is InChI=1S/C23H24N2O5/c1-15(2)9-10-24-14-18(20-13-19(25(27)28)7-8-21(20)24)11-16-5-6-17(23(26)30-4)12-22(16)29-3/h5-9,12-14H,10-11H2,1-4H3. The number of carbonyl (C=O) groups is 1. The highest BCUT2D eigenvalue weighted by atomic mass is 16.6. The van der Waals surface area contributed by atoms with E-state index in [1.165, 1.54) is 18.7 Å². The van der Waals surface area contributed by atoms with Crippen molar-refractivity contribution >= 4 is 22.6 Å². The average molecular weight is 408 g/mol. The van der Waals surface area contributed by atoms with Gasteiger partial charge in [-0.2, -0.15) is 0 Å². The number of non-ortho nitro benzene ring substituents is 1. The third-order valence-corrected chi connectivity index (χ3v) is 4.94. The molecule has 2 aromatic carbocycles. The van der Waals surface area contributed by atoms with Crippen LogP contribution in [-0.2, 0) is 17.7 Å². The maximum Gasteiger partial charge on any atom is 0.337 e. The topological polar surface area (TPSA) is 83.6 Å². The molecule has 3 aromatic rings. The first kappa shape index (κ1) is 21.1. The van der Waals surface area contributed by atoms with Gasteiger partial charge in [-0.1, -0.05) is 17.7 Å². The van der Waals surface area contributed by atoms with Crippen LogP contribution in [0.25, 0.3) is 10.9 Å². The fourth-order valence-electron chi connectivity index (χ4n) is 3.39. The Hall–Kier alpha value is -3.61. The van der Waals surface area contributed by atoms with E-state index in [1.54, 1.807) is 31.4 Å². The molecule has 30 heavy (non-hydrogen) atoms. The van der Waals surface area contributed by atoms with Crippen LogP contribution in [0, 0.1) is 10.1 Å². The summed E-state index contributed by atoms with van der Waals surface area (Å²) in [6.07, 6.45) is 4.63. The zero-order valence-electron chi connectivity index (χ0n) is 17.5. The summed E-state index contributed by atoms with van der Waals surface area (Å²) in [5, 5.41) is 12.1. The molecule has 0 amide bonds. The van der Waals surface area contributed by atoms with Crippen molar-refractivity contribution in [3.63, 3.8) is 0 Å². The van der Waals surface area contributed by atoms with Gasteiger partial charge in [-0.15, -0.1) is 0 Å².